The van der Waals surface area contributed by atoms with Crippen molar-refractivity contribution in [1.82, 2.24) is 15.3 Å². The standard InChI is InChI=1S/C16H14N4O2/c21-15(12-9-18-8-10-7-17-6-5-11(10)12)20-16-19-13-3-1-2-4-14(13)22-16/h1-4,8-9,17H,5-7H2,(H,19,20,21). The number of fused-ring (bicyclic) bond motifs is 2. The van der Waals surface area contributed by atoms with E-state index in [1.165, 1.54) is 0 Å². The zero-order chi connectivity index (χ0) is 14.9. The molecule has 0 unspecified atom stereocenters. The number of carbonyl (C=O) groups is 1. The number of para-hydroxylation sites is 2. The van der Waals surface area contributed by atoms with Gasteiger partial charge in [0.1, 0.15) is 5.52 Å². The van der Waals surface area contributed by atoms with Gasteiger partial charge in [0.2, 0.25) is 0 Å². The highest BCUT2D eigenvalue weighted by molar-refractivity contribution is 6.04. The number of hydrogen-bond acceptors (Lipinski definition) is 5. The molecule has 6 nitrogen and oxygen atoms in total. The van der Waals surface area contributed by atoms with Gasteiger partial charge in [-0.2, -0.15) is 4.98 Å². The van der Waals surface area contributed by atoms with Crippen molar-refractivity contribution in [1.29, 1.82) is 0 Å². The number of nitrogens with one attached hydrogen (secondary N) is 2. The highest BCUT2D eigenvalue weighted by Gasteiger charge is 2.19. The Hall–Kier alpha value is -2.73. The van der Waals surface area contributed by atoms with Crippen LogP contribution in [0.15, 0.2) is 41.1 Å². The molecule has 0 aliphatic carbocycles. The van der Waals surface area contributed by atoms with E-state index < -0.39 is 0 Å². The lowest BCUT2D eigenvalue weighted by atomic mass is 9.98. The molecule has 3 aromatic rings. The molecular formula is C16H14N4O2. The molecule has 2 aromatic heterocycles. The quantitative estimate of drug-likeness (QED) is 0.756. The van der Waals surface area contributed by atoms with Crippen LogP contribution in [0.5, 0.6) is 0 Å². The van der Waals surface area contributed by atoms with Gasteiger partial charge in [0.15, 0.2) is 5.58 Å². The second kappa shape index (κ2) is 5.23. The Bertz CT molecular complexity index is 823. The Morgan fingerprint density at radius 2 is 2.18 bits per heavy atom. The van der Waals surface area contributed by atoms with Gasteiger partial charge < -0.3 is 9.73 Å². The first kappa shape index (κ1) is 13.0. The van der Waals surface area contributed by atoms with Crippen molar-refractivity contribution in [2.75, 3.05) is 11.9 Å². The van der Waals surface area contributed by atoms with Gasteiger partial charge in [-0.25, -0.2) is 0 Å². The van der Waals surface area contributed by atoms with Gasteiger partial charge in [-0.15, -0.1) is 0 Å². The Morgan fingerprint density at radius 3 is 3.09 bits per heavy atom. The summed E-state index contributed by atoms with van der Waals surface area (Å²) >= 11 is 0. The Labute approximate surface area is 126 Å². The maximum Gasteiger partial charge on any atom is 0.302 e. The molecule has 1 aromatic carbocycles. The van der Waals surface area contributed by atoms with Gasteiger partial charge in [-0.3, -0.25) is 15.1 Å². The molecule has 0 spiro atoms. The molecule has 0 radical (unpaired) electrons. The highest BCUT2D eigenvalue weighted by Crippen LogP contribution is 2.21. The van der Waals surface area contributed by atoms with Crippen molar-refractivity contribution in [3.8, 4) is 0 Å². The van der Waals surface area contributed by atoms with Crippen molar-refractivity contribution < 1.29 is 9.21 Å². The minimum absolute atomic E-state index is 0.206. The summed E-state index contributed by atoms with van der Waals surface area (Å²) in [6.45, 7) is 1.60. The van der Waals surface area contributed by atoms with Crippen LogP contribution in [-0.2, 0) is 13.0 Å². The maximum absolute atomic E-state index is 12.5. The van der Waals surface area contributed by atoms with E-state index in [1.807, 2.05) is 24.3 Å². The molecule has 3 heterocycles. The van der Waals surface area contributed by atoms with Crippen LogP contribution in [0.25, 0.3) is 11.1 Å². The summed E-state index contributed by atoms with van der Waals surface area (Å²) in [5.41, 5.74) is 4.06. The summed E-state index contributed by atoms with van der Waals surface area (Å²) in [4.78, 5) is 20.9. The number of anilines is 1. The highest BCUT2D eigenvalue weighted by atomic mass is 16.4. The van der Waals surface area contributed by atoms with Crippen molar-refractivity contribution in [2.24, 2.45) is 0 Å². The lowest BCUT2D eigenvalue weighted by Crippen LogP contribution is -2.27. The van der Waals surface area contributed by atoms with Crippen LogP contribution in [-0.4, -0.2) is 22.4 Å². The fourth-order valence-corrected chi connectivity index (χ4v) is 2.70. The van der Waals surface area contributed by atoms with Crippen LogP contribution in [0.2, 0.25) is 0 Å². The van der Waals surface area contributed by atoms with Crippen molar-refractivity contribution in [3.63, 3.8) is 0 Å². The molecule has 0 atom stereocenters. The van der Waals surface area contributed by atoms with E-state index >= 15 is 0 Å². The van der Waals surface area contributed by atoms with E-state index in [4.69, 9.17) is 4.42 Å². The third-order valence-corrected chi connectivity index (χ3v) is 3.77. The summed E-state index contributed by atoms with van der Waals surface area (Å²) in [6.07, 6.45) is 4.22. The molecular weight excluding hydrogens is 280 g/mol. The number of rotatable bonds is 2. The number of amides is 1. The van der Waals surface area contributed by atoms with Gasteiger partial charge in [-0.1, -0.05) is 12.1 Å². The number of benzene rings is 1. The molecule has 0 saturated carbocycles. The van der Waals surface area contributed by atoms with E-state index in [9.17, 15) is 4.79 Å². The van der Waals surface area contributed by atoms with Gasteiger partial charge in [0.25, 0.3) is 5.91 Å². The third-order valence-electron chi connectivity index (χ3n) is 3.77. The van der Waals surface area contributed by atoms with E-state index in [-0.39, 0.29) is 11.9 Å². The maximum atomic E-state index is 12.5. The molecule has 1 aliphatic heterocycles. The van der Waals surface area contributed by atoms with Crippen LogP contribution >= 0.6 is 0 Å². The predicted octanol–water partition coefficient (Wildman–Crippen LogP) is 2.12. The molecule has 1 aliphatic rings. The average Bonchev–Trinajstić information content (AvgIpc) is 2.96. The topological polar surface area (TPSA) is 80.1 Å². The lowest BCUT2D eigenvalue weighted by molar-refractivity contribution is 0.102. The van der Waals surface area contributed by atoms with E-state index in [2.05, 4.69) is 20.6 Å². The molecule has 0 bridgehead atoms. The van der Waals surface area contributed by atoms with E-state index in [0.717, 1.165) is 36.2 Å². The summed E-state index contributed by atoms with van der Waals surface area (Å²) < 4.78 is 5.53. The van der Waals surface area contributed by atoms with Crippen LogP contribution in [0, 0.1) is 0 Å². The third kappa shape index (κ3) is 2.23. The zero-order valence-electron chi connectivity index (χ0n) is 11.8. The summed E-state index contributed by atoms with van der Waals surface area (Å²) in [5.74, 6) is -0.238. The van der Waals surface area contributed by atoms with Gasteiger partial charge in [-0.05, 0) is 36.2 Å². The van der Waals surface area contributed by atoms with Crippen molar-refractivity contribution >= 4 is 23.0 Å². The molecule has 0 saturated heterocycles. The molecule has 0 fully saturated rings. The molecule has 2 N–H and O–H groups in total. The smallest absolute Gasteiger partial charge is 0.302 e. The Morgan fingerprint density at radius 1 is 1.27 bits per heavy atom. The van der Waals surface area contributed by atoms with Gasteiger partial charge in [0, 0.05) is 18.9 Å². The number of aromatic nitrogens is 2. The van der Waals surface area contributed by atoms with Crippen LogP contribution in [0.4, 0.5) is 6.01 Å². The number of oxazole rings is 1. The first-order chi connectivity index (χ1) is 10.8. The second-order valence-electron chi connectivity index (χ2n) is 5.19. The number of hydrogen-bond donors (Lipinski definition) is 2. The normalized spacial score (nSPS) is 13.8. The fraction of sp³-hybridized carbons (Fsp3) is 0.188. The van der Waals surface area contributed by atoms with E-state index in [1.54, 1.807) is 12.4 Å². The average molecular weight is 294 g/mol. The monoisotopic (exact) mass is 294 g/mol. The van der Waals surface area contributed by atoms with Gasteiger partial charge >= 0.3 is 6.01 Å². The summed E-state index contributed by atoms with van der Waals surface area (Å²) in [5, 5.41) is 5.99. The predicted molar refractivity (Wildman–Crippen MR) is 81.6 cm³/mol. The van der Waals surface area contributed by atoms with Gasteiger partial charge in [0.05, 0.1) is 5.56 Å². The van der Waals surface area contributed by atoms with Crippen LogP contribution < -0.4 is 10.6 Å². The fourth-order valence-electron chi connectivity index (χ4n) is 2.70. The molecule has 1 amide bonds. The first-order valence-corrected chi connectivity index (χ1v) is 7.14. The van der Waals surface area contributed by atoms with E-state index in [0.29, 0.717) is 11.1 Å². The molecule has 4 rings (SSSR count). The minimum Gasteiger partial charge on any atom is -0.423 e. The second-order valence-corrected chi connectivity index (χ2v) is 5.19. The molecule has 6 heteroatoms. The van der Waals surface area contributed by atoms with Crippen LogP contribution in [0.1, 0.15) is 21.5 Å². The number of nitrogens with zero attached hydrogens (tertiary/aromatic N) is 2. The first-order valence-electron chi connectivity index (χ1n) is 7.14. The minimum atomic E-state index is -0.238. The summed E-state index contributed by atoms with van der Waals surface area (Å²) in [6, 6.07) is 7.60. The SMILES string of the molecule is O=C(Nc1nc2ccccc2o1)c1cncc2c1CCNC2. The molecule has 22 heavy (non-hydrogen) atoms. The largest absolute Gasteiger partial charge is 0.423 e. The summed E-state index contributed by atoms with van der Waals surface area (Å²) in [7, 11) is 0. The Kier molecular flexibility index (Phi) is 3.08. The van der Waals surface area contributed by atoms with Crippen LogP contribution in [0.3, 0.4) is 0 Å². The zero-order valence-corrected chi connectivity index (χ0v) is 11.8. The van der Waals surface area contributed by atoms with Crippen molar-refractivity contribution in [2.45, 2.75) is 13.0 Å². The lowest BCUT2D eigenvalue weighted by Gasteiger charge is -2.18. The van der Waals surface area contributed by atoms with Crippen molar-refractivity contribution in [3.05, 3.63) is 53.3 Å². The number of carbonyl (C=O) groups excluding carboxylic acids is 1. The number of pyridine rings is 1. The molecule has 110 valence electrons. The Balaban J connectivity index is 1.65.